The summed E-state index contributed by atoms with van der Waals surface area (Å²) in [7, 11) is 0. The number of nitrogen functional groups attached to an aromatic ring is 1. The lowest BCUT2D eigenvalue weighted by Gasteiger charge is -2.04. The van der Waals surface area contributed by atoms with Crippen LogP contribution in [0.4, 0.5) is 11.8 Å². The number of hydrazone groups is 1. The van der Waals surface area contributed by atoms with Gasteiger partial charge in [-0.2, -0.15) is 5.10 Å². The average Bonchev–Trinajstić information content (AvgIpc) is 3.02. The minimum Gasteiger partial charge on any atom is -0.334 e. The molecule has 138 valence electrons. The number of anilines is 2. The first-order valence-electron chi connectivity index (χ1n) is 7.71. The third kappa shape index (κ3) is 5.19. The fraction of sp³-hybridized carbons (Fsp3) is 0.0625. The van der Waals surface area contributed by atoms with Crippen molar-refractivity contribution >= 4 is 47.3 Å². The van der Waals surface area contributed by atoms with Crippen molar-refractivity contribution in [1.29, 1.82) is 0 Å². The normalized spacial score (nSPS) is 10.9. The summed E-state index contributed by atoms with van der Waals surface area (Å²) in [6.07, 6.45) is 3.14. The van der Waals surface area contributed by atoms with E-state index in [1.54, 1.807) is 36.7 Å². The maximum absolute atomic E-state index is 11.9. The fourth-order valence-electron chi connectivity index (χ4n) is 1.94. The number of pyridine rings is 1. The zero-order valence-corrected chi connectivity index (χ0v) is 15.5. The molecular formula is C16H15ClN8OS. The van der Waals surface area contributed by atoms with Crippen molar-refractivity contribution in [3.8, 4) is 0 Å². The molecule has 3 aromatic rings. The molecule has 0 unspecified atom stereocenters. The maximum atomic E-state index is 11.9. The number of aromatic nitrogens is 4. The predicted molar refractivity (Wildman–Crippen MR) is 106 cm³/mol. The number of nitrogens with zero attached hydrogens (tertiary/aromatic N) is 5. The highest BCUT2D eigenvalue weighted by molar-refractivity contribution is 7.99. The van der Waals surface area contributed by atoms with Crippen LogP contribution in [0.2, 0.25) is 5.02 Å². The maximum Gasteiger partial charge on any atom is 0.264 e. The van der Waals surface area contributed by atoms with Gasteiger partial charge in [0.2, 0.25) is 11.1 Å². The van der Waals surface area contributed by atoms with Gasteiger partial charge in [0.05, 0.1) is 12.0 Å². The Balaban J connectivity index is 1.54. The third-order valence-corrected chi connectivity index (χ3v) is 4.49. The summed E-state index contributed by atoms with van der Waals surface area (Å²) in [6, 6.07) is 12.5. The van der Waals surface area contributed by atoms with E-state index in [0.29, 0.717) is 16.0 Å². The van der Waals surface area contributed by atoms with E-state index in [2.05, 4.69) is 31.0 Å². The lowest BCUT2D eigenvalue weighted by molar-refractivity contribution is -0.113. The minimum atomic E-state index is -0.229. The Morgan fingerprint density at radius 2 is 2.07 bits per heavy atom. The molecule has 9 nitrogen and oxygen atoms in total. The second kappa shape index (κ2) is 9.01. The molecule has 27 heavy (non-hydrogen) atoms. The first-order valence-corrected chi connectivity index (χ1v) is 9.07. The molecule has 0 aliphatic rings. The van der Waals surface area contributed by atoms with Crippen LogP contribution in [0.25, 0.3) is 0 Å². The van der Waals surface area contributed by atoms with E-state index < -0.39 is 0 Å². The molecule has 4 N–H and O–H groups in total. The van der Waals surface area contributed by atoms with Crippen molar-refractivity contribution in [1.82, 2.24) is 19.9 Å². The van der Waals surface area contributed by atoms with Crippen LogP contribution in [0.3, 0.4) is 0 Å². The summed E-state index contributed by atoms with van der Waals surface area (Å²) >= 11 is 7.19. The molecule has 1 amide bonds. The van der Waals surface area contributed by atoms with Gasteiger partial charge in [0.25, 0.3) is 5.95 Å². The van der Waals surface area contributed by atoms with E-state index in [-0.39, 0.29) is 17.6 Å². The lowest BCUT2D eigenvalue weighted by atomic mass is 10.2. The third-order valence-electron chi connectivity index (χ3n) is 3.20. The molecule has 2 aromatic heterocycles. The number of hydrogen-bond acceptors (Lipinski definition) is 8. The molecule has 0 saturated carbocycles. The molecule has 0 aliphatic carbocycles. The Labute approximate surface area is 164 Å². The van der Waals surface area contributed by atoms with E-state index in [4.69, 9.17) is 17.4 Å². The van der Waals surface area contributed by atoms with Crippen LogP contribution in [0, 0.1) is 0 Å². The van der Waals surface area contributed by atoms with Crippen molar-refractivity contribution in [3.63, 3.8) is 0 Å². The molecule has 0 aliphatic heterocycles. The first kappa shape index (κ1) is 18.7. The Bertz CT molecular complexity index is 947. The summed E-state index contributed by atoms with van der Waals surface area (Å²) in [5, 5.41) is 15.5. The van der Waals surface area contributed by atoms with E-state index >= 15 is 0 Å². The summed E-state index contributed by atoms with van der Waals surface area (Å²) in [6.45, 7) is 0. The number of rotatable bonds is 7. The van der Waals surface area contributed by atoms with Crippen molar-refractivity contribution in [2.75, 3.05) is 22.3 Å². The summed E-state index contributed by atoms with van der Waals surface area (Å²) in [4.78, 5) is 16.0. The van der Waals surface area contributed by atoms with Crippen molar-refractivity contribution in [2.24, 2.45) is 5.10 Å². The first-order chi connectivity index (χ1) is 13.1. The van der Waals surface area contributed by atoms with Crippen LogP contribution in [-0.2, 0) is 4.79 Å². The van der Waals surface area contributed by atoms with E-state index in [9.17, 15) is 4.79 Å². The van der Waals surface area contributed by atoms with Crippen LogP contribution >= 0.6 is 23.4 Å². The van der Waals surface area contributed by atoms with E-state index in [0.717, 1.165) is 17.3 Å². The van der Waals surface area contributed by atoms with Gasteiger partial charge in [-0.15, -0.1) is 10.2 Å². The molecule has 1 aromatic carbocycles. The zero-order chi connectivity index (χ0) is 19.1. The predicted octanol–water partition coefficient (Wildman–Crippen LogP) is 2.22. The summed E-state index contributed by atoms with van der Waals surface area (Å²) < 4.78 is 1.21. The molecule has 11 heteroatoms. The van der Waals surface area contributed by atoms with Gasteiger partial charge < -0.3 is 11.2 Å². The monoisotopic (exact) mass is 402 g/mol. The molecule has 3 rings (SSSR count). The van der Waals surface area contributed by atoms with Gasteiger partial charge in [-0.1, -0.05) is 47.6 Å². The molecule has 0 fully saturated rings. The fourth-order valence-corrected chi connectivity index (χ4v) is 2.78. The Kier molecular flexibility index (Phi) is 6.23. The van der Waals surface area contributed by atoms with Gasteiger partial charge in [-0.25, -0.2) is 15.1 Å². The number of benzene rings is 1. The Hall–Kier alpha value is -3.11. The second-order valence-corrected chi connectivity index (χ2v) is 6.47. The molecule has 0 atom stereocenters. The number of hydrogen-bond donors (Lipinski definition) is 3. The quantitative estimate of drug-likeness (QED) is 0.239. The van der Waals surface area contributed by atoms with Gasteiger partial charge in [-0.05, 0) is 18.2 Å². The van der Waals surface area contributed by atoms with Crippen LogP contribution in [0.1, 0.15) is 5.56 Å². The summed E-state index contributed by atoms with van der Waals surface area (Å²) in [5.41, 5.74) is 3.43. The topological polar surface area (TPSA) is 123 Å². The highest BCUT2D eigenvalue weighted by Crippen LogP contribution is 2.17. The van der Waals surface area contributed by atoms with Crippen LogP contribution in [-0.4, -0.2) is 37.7 Å². The summed E-state index contributed by atoms with van der Waals surface area (Å²) in [5.74, 6) is 6.50. The van der Waals surface area contributed by atoms with Gasteiger partial charge in [0.1, 0.15) is 5.82 Å². The molecule has 2 heterocycles. The molecule has 0 bridgehead atoms. The zero-order valence-electron chi connectivity index (χ0n) is 13.9. The number of thioether (sulfide) groups is 1. The van der Waals surface area contributed by atoms with Crippen molar-refractivity contribution in [3.05, 3.63) is 59.2 Å². The largest absolute Gasteiger partial charge is 0.334 e. The van der Waals surface area contributed by atoms with E-state index in [1.807, 2.05) is 18.2 Å². The average molecular weight is 403 g/mol. The van der Waals surface area contributed by atoms with Gasteiger partial charge in [-0.3, -0.25) is 4.79 Å². The molecule has 0 radical (unpaired) electrons. The SMILES string of the molecule is Nn1c(N/N=C/c2ccccc2Cl)nnc1SCC(=O)Nc1ccccn1. The number of halogens is 1. The number of nitrogens with one attached hydrogen (secondary N) is 2. The minimum absolute atomic E-state index is 0.106. The number of carbonyl (C=O) groups is 1. The van der Waals surface area contributed by atoms with Crippen molar-refractivity contribution in [2.45, 2.75) is 5.16 Å². The van der Waals surface area contributed by atoms with Crippen LogP contribution < -0.4 is 16.6 Å². The number of carbonyl (C=O) groups excluding carboxylic acids is 1. The van der Waals surface area contributed by atoms with Gasteiger partial charge >= 0.3 is 0 Å². The standard InChI is InChI=1S/C16H15ClN8OS/c17-12-6-2-1-5-11(12)9-20-22-15-23-24-16(25(15)18)27-10-14(26)21-13-7-3-4-8-19-13/h1-9H,10,18H2,(H,22,23)(H,19,21,26)/b20-9+. The second-order valence-electron chi connectivity index (χ2n) is 5.12. The van der Waals surface area contributed by atoms with Crippen LogP contribution in [0.5, 0.6) is 0 Å². The van der Waals surface area contributed by atoms with Crippen molar-refractivity contribution < 1.29 is 4.79 Å². The Morgan fingerprint density at radius 1 is 1.26 bits per heavy atom. The van der Waals surface area contributed by atoms with E-state index in [1.165, 1.54) is 4.68 Å². The van der Waals surface area contributed by atoms with Crippen LogP contribution in [0.15, 0.2) is 58.9 Å². The molecule has 0 saturated heterocycles. The highest BCUT2D eigenvalue weighted by Gasteiger charge is 2.12. The highest BCUT2D eigenvalue weighted by atomic mass is 35.5. The lowest BCUT2D eigenvalue weighted by Crippen LogP contribution is -2.17. The molecular weight excluding hydrogens is 388 g/mol. The molecule has 0 spiro atoms. The smallest absolute Gasteiger partial charge is 0.264 e. The van der Waals surface area contributed by atoms with Gasteiger partial charge in [0.15, 0.2) is 0 Å². The number of amides is 1. The number of nitrogens with two attached hydrogens (primary N) is 1. The van der Waals surface area contributed by atoms with Gasteiger partial charge in [0, 0.05) is 16.8 Å². The Morgan fingerprint density at radius 3 is 2.85 bits per heavy atom.